The third-order valence-electron chi connectivity index (χ3n) is 16.0. The van der Waals surface area contributed by atoms with E-state index in [9.17, 15) is 0 Å². The average Bonchev–Trinajstić information content (AvgIpc) is 1.31. The lowest BCUT2D eigenvalue weighted by Crippen LogP contribution is -2.10. The van der Waals surface area contributed by atoms with Crippen LogP contribution in [0, 0.1) is 0 Å². The third kappa shape index (κ3) is 10.5. The van der Waals surface area contributed by atoms with Crippen LogP contribution in [0.25, 0.3) is 101 Å². The molecule has 396 valence electrons. The minimum atomic E-state index is 1.06. The molecule has 0 N–H and O–H groups in total. The molecule has 14 rings (SSSR count). The summed E-state index contributed by atoms with van der Waals surface area (Å²) in [5, 5.41) is 7.20. The van der Waals surface area contributed by atoms with Crippen molar-refractivity contribution in [3.05, 3.63) is 350 Å². The molecule has 0 amide bonds. The van der Waals surface area contributed by atoms with Gasteiger partial charge in [-0.15, -0.1) is 0 Å². The zero-order valence-electron chi connectivity index (χ0n) is 46.4. The SMILES string of the molecule is C(=C\c1ccc(N(c2ccc(-c3c(-c4ccc(N(c5ccc(/C=C/c6ccccc6)cc5)c5ccc6ccccc6c5)cc4)c(-c4ccccc4)c4ccccc4c3-c3ccccc3)cc2)c2ccc3ccccc3c2)cc1)/c1ccccc1. The maximum absolute atomic E-state index is 2.38. The summed E-state index contributed by atoms with van der Waals surface area (Å²) in [6.07, 6.45) is 8.71. The van der Waals surface area contributed by atoms with Crippen LogP contribution in [0.15, 0.2) is 328 Å². The summed E-state index contributed by atoms with van der Waals surface area (Å²) in [5.74, 6) is 0. The maximum Gasteiger partial charge on any atom is 0.0468 e. The van der Waals surface area contributed by atoms with Crippen molar-refractivity contribution in [3.63, 3.8) is 0 Å². The fraction of sp³-hybridized carbons (Fsp3) is 0. The van der Waals surface area contributed by atoms with Gasteiger partial charge in [-0.2, -0.15) is 0 Å². The van der Waals surface area contributed by atoms with Crippen molar-refractivity contribution in [2.75, 3.05) is 9.80 Å². The van der Waals surface area contributed by atoms with Gasteiger partial charge in [0.05, 0.1) is 0 Å². The zero-order chi connectivity index (χ0) is 56.0. The van der Waals surface area contributed by atoms with Crippen LogP contribution < -0.4 is 9.80 Å². The summed E-state index contributed by atoms with van der Waals surface area (Å²) < 4.78 is 0. The van der Waals surface area contributed by atoms with Crippen molar-refractivity contribution in [2.24, 2.45) is 0 Å². The lowest BCUT2D eigenvalue weighted by Gasteiger charge is -2.28. The van der Waals surface area contributed by atoms with Crippen LogP contribution in [0.5, 0.6) is 0 Å². The van der Waals surface area contributed by atoms with Gasteiger partial charge in [0.1, 0.15) is 0 Å². The number of rotatable bonds is 14. The molecule has 14 aromatic carbocycles. The van der Waals surface area contributed by atoms with Crippen molar-refractivity contribution in [1.29, 1.82) is 0 Å². The second-order valence-corrected chi connectivity index (χ2v) is 21.3. The van der Waals surface area contributed by atoms with Crippen LogP contribution in [0.3, 0.4) is 0 Å². The van der Waals surface area contributed by atoms with Crippen LogP contribution in [0.2, 0.25) is 0 Å². The predicted octanol–water partition coefficient (Wildman–Crippen LogP) is 23.1. The molecule has 0 aliphatic carbocycles. The minimum absolute atomic E-state index is 1.06. The normalized spacial score (nSPS) is 11.5. The van der Waals surface area contributed by atoms with E-state index in [0.717, 1.165) is 67.5 Å². The Kier molecular flexibility index (Phi) is 14.1. The third-order valence-corrected chi connectivity index (χ3v) is 16.0. The van der Waals surface area contributed by atoms with E-state index in [1.807, 2.05) is 0 Å². The Hall–Kier alpha value is -11.1. The quantitative estimate of drug-likeness (QED) is 0.100. The summed E-state index contributed by atoms with van der Waals surface area (Å²) in [5.41, 5.74) is 20.4. The van der Waals surface area contributed by atoms with E-state index in [-0.39, 0.29) is 0 Å². The highest BCUT2D eigenvalue weighted by Crippen LogP contribution is 2.52. The molecule has 2 nitrogen and oxygen atoms in total. The van der Waals surface area contributed by atoms with E-state index in [1.54, 1.807) is 0 Å². The summed E-state index contributed by atoms with van der Waals surface area (Å²) >= 11 is 0. The van der Waals surface area contributed by atoms with Gasteiger partial charge in [0.2, 0.25) is 0 Å². The van der Waals surface area contributed by atoms with Crippen molar-refractivity contribution >= 4 is 90.7 Å². The van der Waals surface area contributed by atoms with Gasteiger partial charge in [0.15, 0.2) is 0 Å². The number of nitrogens with zero attached hydrogens (tertiary/aromatic N) is 2. The zero-order valence-corrected chi connectivity index (χ0v) is 46.4. The number of hydrogen-bond donors (Lipinski definition) is 0. The fourth-order valence-electron chi connectivity index (χ4n) is 11.9. The molecule has 2 heteroatoms. The lowest BCUT2D eigenvalue weighted by atomic mass is 9.79. The predicted molar refractivity (Wildman–Crippen MR) is 361 cm³/mol. The Morgan fingerprint density at radius 3 is 0.798 bits per heavy atom. The van der Waals surface area contributed by atoms with E-state index < -0.39 is 0 Å². The molecule has 0 saturated carbocycles. The molecule has 0 aliphatic rings. The second-order valence-electron chi connectivity index (χ2n) is 21.3. The molecule has 0 spiro atoms. The van der Waals surface area contributed by atoms with E-state index in [1.165, 1.54) is 65.7 Å². The standard InChI is InChI=1S/C82H58N2/c1-5-19-59(20-6-1)33-35-61-37-47-71(48-38-61)83(75-55-41-63-23-13-15-29-69(63)57-75)73-51-43-67(44-52-73)81-79(65-25-9-3-10-26-65)77-31-17-18-32-78(77)80(66-27-11-4-12-28-66)82(81)68-45-53-74(54-46-68)84(76-56-42-64-24-14-16-30-70(64)58-76)72-49-39-62(40-50-72)36-34-60-21-7-2-8-22-60/h1-58H/b35-33+,36-34+. The van der Waals surface area contributed by atoms with Crippen molar-refractivity contribution < 1.29 is 0 Å². The number of benzene rings is 14. The molecular weight excluding hydrogens is 1010 g/mol. The fourth-order valence-corrected chi connectivity index (χ4v) is 11.9. The largest absolute Gasteiger partial charge is 0.310 e. The molecule has 0 atom stereocenters. The Morgan fingerprint density at radius 2 is 0.440 bits per heavy atom. The highest BCUT2D eigenvalue weighted by molar-refractivity contribution is 6.18. The van der Waals surface area contributed by atoms with Gasteiger partial charge in [-0.1, -0.05) is 279 Å². The first-order valence-corrected chi connectivity index (χ1v) is 28.8. The minimum Gasteiger partial charge on any atom is -0.310 e. The number of anilines is 6. The highest BCUT2D eigenvalue weighted by atomic mass is 15.1. The first-order valence-electron chi connectivity index (χ1n) is 28.8. The second kappa shape index (κ2) is 23.2. The molecule has 0 radical (unpaired) electrons. The molecule has 0 heterocycles. The molecule has 84 heavy (non-hydrogen) atoms. The maximum atomic E-state index is 2.38. The molecule has 0 bridgehead atoms. The van der Waals surface area contributed by atoms with Crippen molar-refractivity contribution in [3.8, 4) is 44.5 Å². The van der Waals surface area contributed by atoms with Crippen molar-refractivity contribution in [2.45, 2.75) is 0 Å². The van der Waals surface area contributed by atoms with E-state index in [4.69, 9.17) is 0 Å². The van der Waals surface area contributed by atoms with Gasteiger partial charge in [-0.05, 0) is 172 Å². The summed E-state index contributed by atoms with van der Waals surface area (Å²) in [7, 11) is 0. The monoisotopic (exact) mass is 1070 g/mol. The molecule has 0 saturated heterocycles. The number of fused-ring (bicyclic) bond motifs is 3. The van der Waals surface area contributed by atoms with Gasteiger partial charge in [0.25, 0.3) is 0 Å². The molecule has 0 aliphatic heterocycles. The Labute approximate surface area is 492 Å². The Morgan fingerprint density at radius 1 is 0.179 bits per heavy atom. The van der Waals surface area contributed by atoms with E-state index in [0.29, 0.717) is 0 Å². The van der Waals surface area contributed by atoms with Gasteiger partial charge >= 0.3 is 0 Å². The van der Waals surface area contributed by atoms with Gasteiger partial charge in [-0.25, -0.2) is 0 Å². The number of hydrogen-bond acceptors (Lipinski definition) is 2. The molecule has 0 unspecified atom stereocenters. The van der Waals surface area contributed by atoms with E-state index >= 15 is 0 Å². The molecule has 0 fully saturated rings. The van der Waals surface area contributed by atoms with Gasteiger partial charge < -0.3 is 9.80 Å². The summed E-state index contributed by atoms with van der Waals surface area (Å²) in [6.45, 7) is 0. The van der Waals surface area contributed by atoms with Crippen LogP contribution in [-0.4, -0.2) is 0 Å². The first-order chi connectivity index (χ1) is 41.6. The van der Waals surface area contributed by atoms with Crippen LogP contribution >= 0.6 is 0 Å². The highest BCUT2D eigenvalue weighted by Gasteiger charge is 2.25. The van der Waals surface area contributed by atoms with Crippen LogP contribution in [-0.2, 0) is 0 Å². The average molecular weight is 1070 g/mol. The Bertz CT molecular complexity index is 4350. The smallest absolute Gasteiger partial charge is 0.0468 e. The lowest BCUT2D eigenvalue weighted by molar-refractivity contribution is 1.29. The summed E-state index contributed by atoms with van der Waals surface area (Å²) in [6, 6.07) is 119. The van der Waals surface area contributed by atoms with E-state index in [2.05, 4.69) is 362 Å². The molecule has 0 aromatic heterocycles. The summed E-state index contributed by atoms with van der Waals surface area (Å²) in [4.78, 5) is 4.76. The Balaban J connectivity index is 0.935. The molecule has 14 aromatic rings. The first kappa shape index (κ1) is 51.1. The van der Waals surface area contributed by atoms with Crippen LogP contribution in [0.4, 0.5) is 34.1 Å². The van der Waals surface area contributed by atoms with Crippen molar-refractivity contribution in [1.82, 2.24) is 0 Å². The van der Waals surface area contributed by atoms with Gasteiger partial charge in [0, 0.05) is 34.1 Å². The van der Waals surface area contributed by atoms with Gasteiger partial charge in [-0.3, -0.25) is 0 Å². The topological polar surface area (TPSA) is 6.48 Å². The molecular formula is C82H58N2. The van der Waals surface area contributed by atoms with Crippen LogP contribution in [0.1, 0.15) is 22.3 Å².